The average molecular weight is 168 g/mol. The lowest BCUT2D eigenvalue weighted by Gasteiger charge is -2.24. The Hall–Kier alpha value is -0.0800. The Balaban J connectivity index is 1.85. The van der Waals surface area contributed by atoms with Crippen LogP contribution in [0, 0.1) is 5.92 Å². The minimum absolute atomic E-state index is 0.824. The van der Waals surface area contributed by atoms with Crippen molar-refractivity contribution in [2.75, 3.05) is 26.2 Å². The van der Waals surface area contributed by atoms with Crippen LogP contribution in [0.15, 0.2) is 0 Å². The summed E-state index contributed by atoms with van der Waals surface area (Å²) in [5, 5.41) is 3.63. The maximum Gasteiger partial charge on any atom is 0.0235 e. The molecule has 0 saturated carbocycles. The molecule has 2 nitrogen and oxygen atoms in total. The minimum atomic E-state index is 0.824. The van der Waals surface area contributed by atoms with E-state index in [-0.39, 0.29) is 0 Å². The fourth-order valence-corrected chi connectivity index (χ4v) is 2.63. The van der Waals surface area contributed by atoms with Crippen molar-refractivity contribution < 1.29 is 0 Å². The first-order chi connectivity index (χ1) is 5.90. The predicted molar refractivity (Wildman–Crippen MR) is 51.2 cm³/mol. The van der Waals surface area contributed by atoms with E-state index in [1.54, 1.807) is 0 Å². The number of nitrogens with one attached hydrogen (secondary N) is 1. The molecule has 0 aromatic rings. The second-order valence-electron chi connectivity index (χ2n) is 4.22. The summed E-state index contributed by atoms with van der Waals surface area (Å²) in [7, 11) is 0. The molecule has 0 radical (unpaired) electrons. The first kappa shape index (κ1) is 8.52. The van der Waals surface area contributed by atoms with Gasteiger partial charge in [-0.15, -0.1) is 0 Å². The molecule has 0 aromatic carbocycles. The van der Waals surface area contributed by atoms with Crippen LogP contribution in [-0.4, -0.2) is 37.1 Å². The van der Waals surface area contributed by atoms with E-state index in [2.05, 4.69) is 17.1 Å². The predicted octanol–water partition coefficient (Wildman–Crippen LogP) is 1.08. The van der Waals surface area contributed by atoms with E-state index in [1.165, 1.54) is 45.4 Å². The molecule has 2 heteroatoms. The van der Waals surface area contributed by atoms with Crippen molar-refractivity contribution in [2.24, 2.45) is 5.92 Å². The highest BCUT2D eigenvalue weighted by Crippen LogP contribution is 2.24. The van der Waals surface area contributed by atoms with Crippen LogP contribution < -0.4 is 5.32 Å². The molecule has 1 N–H and O–H groups in total. The minimum Gasteiger partial charge on any atom is -0.312 e. The van der Waals surface area contributed by atoms with Gasteiger partial charge in [0.1, 0.15) is 0 Å². The van der Waals surface area contributed by atoms with E-state index in [0.29, 0.717) is 0 Å². The first-order valence-electron chi connectivity index (χ1n) is 5.36. The fourth-order valence-electron chi connectivity index (χ4n) is 2.63. The molecule has 12 heavy (non-hydrogen) atoms. The van der Waals surface area contributed by atoms with Crippen molar-refractivity contribution in [3.8, 4) is 0 Å². The Morgan fingerprint density at radius 3 is 3.08 bits per heavy atom. The van der Waals surface area contributed by atoms with Crippen LogP contribution in [0.5, 0.6) is 0 Å². The summed E-state index contributed by atoms with van der Waals surface area (Å²) in [5.41, 5.74) is 0. The molecule has 0 spiro atoms. The van der Waals surface area contributed by atoms with Gasteiger partial charge < -0.3 is 10.2 Å². The van der Waals surface area contributed by atoms with Crippen LogP contribution in [0.25, 0.3) is 0 Å². The van der Waals surface area contributed by atoms with Gasteiger partial charge >= 0.3 is 0 Å². The first-order valence-corrected chi connectivity index (χ1v) is 5.36. The summed E-state index contributed by atoms with van der Waals surface area (Å²) in [4.78, 5) is 2.62. The second-order valence-corrected chi connectivity index (χ2v) is 4.22. The molecule has 0 unspecified atom stereocenters. The molecule has 2 aliphatic rings. The molecular weight excluding hydrogens is 148 g/mol. The smallest absolute Gasteiger partial charge is 0.0235 e. The molecule has 2 aliphatic heterocycles. The molecule has 0 bridgehead atoms. The number of hydrogen-bond donors (Lipinski definition) is 1. The molecular formula is C10H20N2. The molecule has 70 valence electrons. The maximum absolute atomic E-state index is 3.63. The van der Waals surface area contributed by atoms with E-state index < -0.39 is 0 Å². The van der Waals surface area contributed by atoms with Gasteiger partial charge in [0.15, 0.2) is 0 Å². The zero-order valence-electron chi connectivity index (χ0n) is 8.05. The highest BCUT2D eigenvalue weighted by molar-refractivity contribution is 4.91. The third-order valence-corrected chi connectivity index (χ3v) is 3.21. The maximum atomic E-state index is 3.63. The average Bonchev–Trinajstić information content (AvgIpc) is 2.47. The van der Waals surface area contributed by atoms with Gasteiger partial charge in [-0.05, 0) is 38.3 Å². The summed E-state index contributed by atoms with van der Waals surface area (Å²) in [6.07, 6.45) is 4.15. The fraction of sp³-hybridized carbons (Fsp3) is 1.00. The van der Waals surface area contributed by atoms with E-state index >= 15 is 0 Å². The van der Waals surface area contributed by atoms with E-state index in [9.17, 15) is 0 Å². The molecule has 2 fully saturated rings. The monoisotopic (exact) mass is 168 g/mol. The number of hydrogen-bond acceptors (Lipinski definition) is 2. The molecule has 2 heterocycles. The highest BCUT2D eigenvalue weighted by atomic mass is 15.2. The van der Waals surface area contributed by atoms with E-state index in [1.807, 2.05) is 0 Å². The lowest BCUT2D eigenvalue weighted by molar-refractivity contribution is 0.320. The summed E-state index contributed by atoms with van der Waals surface area (Å²) >= 11 is 0. The van der Waals surface area contributed by atoms with Crippen molar-refractivity contribution in [1.82, 2.24) is 10.2 Å². The van der Waals surface area contributed by atoms with E-state index in [4.69, 9.17) is 0 Å². The van der Waals surface area contributed by atoms with Crippen LogP contribution >= 0.6 is 0 Å². The van der Waals surface area contributed by atoms with Gasteiger partial charge in [0.05, 0.1) is 0 Å². The molecule has 2 atom stereocenters. The van der Waals surface area contributed by atoms with Crippen molar-refractivity contribution in [3.05, 3.63) is 0 Å². The second kappa shape index (κ2) is 3.75. The Morgan fingerprint density at radius 2 is 2.33 bits per heavy atom. The van der Waals surface area contributed by atoms with Crippen molar-refractivity contribution >= 4 is 0 Å². The largest absolute Gasteiger partial charge is 0.312 e. The van der Waals surface area contributed by atoms with Gasteiger partial charge in [0, 0.05) is 19.1 Å². The van der Waals surface area contributed by atoms with Crippen LogP contribution in [0.2, 0.25) is 0 Å². The van der Waals surface area contributed by atoms with Crippen LogP contribution in [-0.2, 0) is 0 Å². The zero-order valence-corrected chi connectivity index (χ0v) is 8.05. The Kier molecular flexibility index (Phi) is 2.66. The molecule has 0 aromatic heterocycles. The SMILES string of the molecule is CCCN1C[C@@H]2CCCN[C@@H]2C1. The van der Waals surface area contributed by atoms with Gasteiger partial charge in [-0.2, -0.15) is 0 Å². The summed E-state index contributed by atoms with van der Waals surface area (Å²) in [6.45, 7) is 7.48. The number of rotatable bonds is 2. The topological polar surface area (TPSA) is 15.3 Å². The third kappa shape index (κ3) is 1.64. The van der Waals surface area contributed by atoms with Crippen molar-refractivity contribution in [1.29, 1.82) is 0 Å². The number of likely N-dealkylation sites (tertiary alicyclic amines) is 1. The van der Waals surface area contributed by atoms with Gasteiger partial charge in [-0.3, -0.25) is 0 Å². The van der Waals surface area contributed by atoms with Gasteiger partial charge in [-0.25, -0.2) is 0 Å². The van der Waals surface area contributed by atoms with Gasteiger partial charge in [0.25, 0.3) is 0 Å². The van der Waals surface area contributed by atoms with Gasteiger partial charge in [-0.1, -0.05) is 6.92 Å². The molecule has 2 rings (SSSR count). The standard InChI is InChI=1S/C10H20N2/c1-2-6-12-7-9-4-3-5-11-10(9)8-12/h9-11H,2-8H2,1H3/t9-,10+/m0/s1. The van der Waals surface area contributed by atoms with E-state index in [0.717, 1.165) is 12.0 Å². The highest BCUT2D eigenvalue weighted by Gasteiger charge is 2.33. The lowest BCUT2D eigenvalue weighted by atomic mass is 9.94. The van der Waals surface area contributed by atoms with Crippen molar-refractivity contribution in [2.45, 2.75) is 32.2 Å². The van der Waals surface area contributed by atoms with Crippen LogP contribution in [0.1, 0.15) is 26.2 Å². The number of piperidine rings is 1. The van der Waals surface area contributed by atoms with Gasteiger partial charge in [0.2, 0.25) is 0 Å². The quantitative estimate of drug-likeness (QED) is 0.664. The normalized spacial score (nSPS) is 36.8. The Bertz CT molecular complexity index is 133. The summed E-state index contributed by atoms with van der Waals surface area (Å²) in [6, 6.07) is 0.824. The third-order valence-electron chi connectivity index (χ3n) is 3.21. The molecule has 2 saturated heterocycles. The summed E-state index contributed by atoms with van der Waals surface area (Å²) < 4.78 is 0. The lowest BCUT2D eigenvalue weighted by Crippen LogP contribution is -2.40. The zero-order chi connectivity index (χ0) is 8.39. The number of nitrogens with zero attached hydrogens (tertiary/aromatic N) is 1. The van der Waals surface area contributed by atoms with Crippen LogP contribution in [0.4, 0.5) is 0 Å². The molecule has 0 amide bonds. The van der Waals surface area contributed by atoms with Crippen LogP contribution in [0.3, 0.4) is 0 Å². The Morgan fingerprint density at radius 1 is 1.42 bits per heavy atom. The Labute approximate surface area is 75.3 Å². The molecule has 0 aliphatic carbocycles. The summed E-state index contributed by atoms with van der Waals surface area (Å²) in [5.74, 6) is 0.963. The number of fused-ring (bicyclic) bond motifs is 1. The van der Waals surface area contributed by atoms with Crippen molar-refractivity contribution in [3.63, 3.8) is 0 Å².